The number of nitrogens with zero attached hydrogens (tertiary/aromatic N) is 3. The van der Waals surface area contributed by atoms with E-state index in [0.717, 1.165) is 0 Å². The first kappa shape index (κ1) is 12.8. The van der Waals surface area contributed by atoms with Gasteiger partial charge in [-0.2, -0.15) is 5.10 Å². The Morgan fingerprint density at radius 2 is 2.00 bits per heavy atom. The molecule has 3 rings (SSSR count). The van der Waals surface area contributed by atoms with Crippen molar-refractivity contribution in [2.45, 2.75) is 37.6 Å². The molecule has 1 aliphatic heterocycles. The molecule has 0 spiro atoms. The van der Waals surface area contributed by atoms with Gasteiger partial charge in [-0.1, -0.05) is 25.0 Å². The summed E-state index contributed by atoms with van der Waals surface area (Å²) in [5, 5.41) is 7.30. The molecule has 0 bridgehead atoms. The molecule has 2 heterocycles. The lowest BCUT2D eigenvalue weighted by Crippen LogP contribution is -2.25. The molecule has 1 atom stereocenters. The SMILES string of the molecule is C1=CNC(/C=N/Nc2ncc(C3CCCC3)cn2)C=C1. The first-order chi connectivity index (χ1) is 9.92. The number of nitrogens with one attached hydrogen (secondary N) is 2. The summed E-state index contributed by atoms with van der Waals surface area (Å²) in [7, 11) is 0. The van der Waals surface area contributed by atoms with Crippen LogP contribution in [0.2, 0.25) is 0 Å². The van der Waals surface area contributed by atoms with Crippen molar-refractivity contribution in [1.29, 1.82) is 0 Å². The number of hydrazone groups is 1. The maximum atomic E-state index is 4.32. The van der Waals surface area contributed by atoms with Crippen LogP contribution < -0.4 is 10.7 Å². The lowest BCUT2D eigenvalue weighted by atomic mass is 10.0. The zero-order valence-electron chi connectivity index (χ0n) is 11.4. The molecule has 0 aromatic carbocycles. The van der Waals surface area contributed by atoms with Crippen LogP contribution >= 0.6 is 0 Å². The van der Waals surface area contributed by atoms with Crippen molar-refractivity contribution in [3.63, 3.8) is 0 Å². The maximum Gasteiger partial charge on any atom is 0.243 e. The van der Waals surface area contributed by atoms with Crippen molar-refractivity contribution in [3.05, 3.63) is 42.4 Å². The number of aromatic nitrogens is 2. The monoisotopic (exact) mass is 269 g/mol. The van der Waals surface area contributed by atoms with Gasteiger partial charge < -0.3 is 5.32 Å². The van der Waals surface area contributed by atoms with Crippen LogP contribution in [0.1, 0.15) is 37.2 Å². The van der Waals surface area contributed by atoms with E-state index >= 15 is 0 Å². The standard InChI is InChI=1S/C15H19N5/c1-2-6-12(5-1)13-9-17-15(18-10-13)20-19-11-14-7-3-4-8-16-14/h3-4,7-12,14,16H,1-2,5-6H2,(H,17,18,20)/b19-11+. The predicted octanol–water partition coefficient (Wildman–Crippen LogP) is 2.57. The summed E-state index contributed by atoms with van der Waals surface area (Å²) in [6.07, 6.45) is 18.7. The van der Waals surface area contributed by atoms with Crippen molar-refractivity contribution in [1.82, 2.24) is 15.3 Å². The average molecular weight is 269 g/mol. The van der Waals surface area contributed by atoms with Gasteiger partial charge in [-0.25, -0.2) is 15.4 Å². The van der Waals surface area contributed by atoms with Crippen LogP contribution in [-0.4, -0.2) is 22.2 Å². The molecule has 5 heteroatoms. The van der Waals surface area contributed by atoms with E-state index in [0.29, 0.717) is 11.9 Å². The van der Waals surface area contributed by atoms with Gasteiger partial charge in [0.1, 0.15) is 0 Å². The Morgan fingerprint density at radius 1 is 1.20 bits per heavy atom. The fourth-order valence-corrected chi connectivity index (χ4v) is 2.60. The van der Waals surface area contributed by atoms with E-state index in [9.17, 15) is 0 Å². The summed E-state index contributed by atoms with van der Waals surface area (Å²) in [5.41, 5.74) is 4.11. The molecule has 5 nitrogen and oxygen atoms in total. The van der Waals surface area contributed by atoms with E-state index in [-0.39, 0.29) is 6.04 Å². The Balaban J connectivity index is 1.54. The van der Waals surface area contributed by atoms with Gasteiger partial charge in [-0.05, 0) is 36.6 Å². The number of hydrogen-bond donors (Lipinski definition) is 2. The smallest absolute Gasteiger partial charge is 0.243 e. The van der Waals surface area contributed by atoms with Crippen molar-refractivity contribution < 1.29 is 0 Å². The third kappa shape index (κ3) is 3.23. The van der Waals surface area contributed by atoms with E-state index in [1.54, 1.807) is 6.21 Å². The number of rotatable bonds is 4. The Morgan fingerprint density at radius 3 is 2.70 bits per heavy atom. The minimum atomic E-state index is 0.116. The summed E-state index contributed by atoms with van der Waals surface area (Å²) < 4.78 is 0. The van der Waals surface area contributed by atoms with Gasteiger partial charge in [0.25, 0.3) is 0 Å². The predicted molar refractivity (Wildman–Crippen MR) is 80.6 cm³/mol. The average Bonchev–Trinajstić information content (AvgIpc) is 3.03. The second kappa shape index (κ2) is 6.32. The highest BCUT2D eigenvalue weighted by atomic mass is 15.3. The van der Waals surface area contributed by atoms with Gasteiger partial charge >= 0.3 is 0 Å². The van der Waals surface area contributed by atoms with Gasteiger partial charge in [0, 0.05) is 12.4 Å². The van der Waals surface area contributed by atoms with E-state index < -0.39 is 0 Å². The van der Waals surface area contributed by atoms with Crippen LogP contribution in [0.25, 0.3) is 0 Å². The first-order valence-electron chi connectivity index (χ1n) is 7.12. The van der Waals surface area contributed by atoms with Crippen LogP contribution in [0.15, 0.2) is 41.9 Å². The van der Waals surface area contributed by atoms with E-state index in [4.69, 9.17) is 0 Å². The summed E-state index contributed by atoms with van der Waals surface area (Å²) >= 11 is 0. The van der Waals surface area contributed by atoms with Gasteiger partial charge in [0.05, 0.1) is 12.3 Å². The van der Waals surface area contributed by atoms with Crippen molar-refractivity contribution in [3.8, 4) is 0 Å². The summed E-state index contributed by atoms with van der Waals surface area (Å²) in [4.78, 5) is 8.64. The highest BCUT2D eigenvalue weighted by Crippen LogP contribution is 2.33. The molecule has 1 aromatic heterocycles. The zero-order chi connectivity index (χ0) is 13.6. The zero-order valence-corrected chi connectivity index (χ0v) is 11.4. The summed E-state index contributed by atoms with van der Waals surface area (Å²) in [6, 6.07) is 0.116. The molecule has 0 radical (unpaired) electrons. The first-order valence-corrected chi connectivity index (χ1v) is 7.12. The largest absolute Gasteiger partial charge is 0.380 e. The summed E-state index contributed by atoms with van der Waals surface area (Å²) in [5.74, 6) is 1.19. The topological polar surface area (TPSA) is 62.2 Å². The van der Waals surface area contributed by atoms with E-state index in [2.05, 4.69) is 25.8 Å². The van der Waals surface area contributed by atoms with Gasteiger partial charge in [-0.15, -0.1) is 0 Å². The molecule has 2 N–H and O–H groups in total. The Labute approximate surface area is 118 Å². The van der Waals surface area contributed by atoms with Crippen LogP contribution in [-0.2, 0) is 0 Å². The van der Waals surface area contributed by atoms with Gasteiger partial charge in [0.2, 0.25) is 5.95 Å². The Kier molecular flexibility index (Phi) is 4.06. The number of allylic oxidation sites excluding steroid dienone is 2. The third-order valence-electron chi connectivity index (χ3n) is 3.71. The second-order valence-electron chi connectivity index (χ2n) is 5.15. The van der Waals surface area contributed by atoms with Gasteiger partial charge in [-0.3, -0.25) is 0 Å². The molecule has 0 saturated heterocycles. The molecule has 2 aliphatic rings. The van der Waals surface area contributed by atoms with Gasteiger partial charge in [0.15, 0.2) is 0 Å². The van der Waals surface area contributed by atoms with E-state index in [1.807, 2.05) is 36.8 Å². The molecule has 1 fully saturated rings. The molecule has 104 valence electrons. The lowest BCUT2D eigenvalue weighted by Gasteiger charge is -2.10. The molecule has 0 amide bonds. The van der Waals surface area contributed by atoms with Crippen molar-refractivity contribution in [2.75, 3.05) is 5.43 Å². The third-order valence-corrected chi connectivity index (χ3v) is 3.71. The van der Waals surface area contributed by atoms with Crippen molar-refractivity contribution in [2.24, 2.45) is 5.10 Å². The normalized spacial score (nSPS) is 22.3. The van der Waals surface area contributed by atoms with Crippen LogP contribution in [0, 0.1) is 0 Å². The molecule has 20 heavy (non-hydrogen) atoms. The fourth-order valence-electron chi connectivity index (χ4n) is 2.60. The van der Waals surface area contributed by atoms with E-state index in [1.165, 1.54) is 31.2 Å². The molecule has 1 unspecified atom stereocenters. The Bertz CT molecular complexity index is 512. The fraction of sp³-hybridized carbons (Fsp3) is 0.400. The lowest BCUT2D eigenvalue weighted by molar-refractivity contribution is 0.714. The van der Waals surface area contributed by atoms with Crippen LogP contribution in [0.5, 0.6) is 0 Å². The summed E-state index contributed by atoms with van der Waals surface area (Å²) in [6.45, 7) is 0. The molecule has 1 aromatic rings. The molecular formula is C15H19N5. The van der Waals surface area contributed by atoms with Crippen molar-refractivity contribution >= 4 is 12.2 Å². The minimum absolute atomic E-state index is 0.116. The molecule has 1 aliphatic carbocycles. The maximum absolute atomic E-state index is 4.32. The number of hydrogen-bond acceptors (Lipinski definition) is 5. The minimum Gasteiger partial charge on any atom is -0.380 e. The number of dihydropyridines is 1. The highest BCUT2D eigenvalue weighted by Gasteiger charge is 2.17. The second-order valence-corrected chi connectivity index (χ2v) is 5.15. The number of anilines is 1. The molecule has 1 saturated carbocycles. The highest BCUT2D eigenvalue weighted by molar-refractivity contribution is 5.68. The molecular weight excluding hydrogens is 250 g/mol. The van der Waals surface area contributed by atoms with Crippen LogP contribution in [0.4, 0.5) is 5.95 Å². The Hall–Kier alpha value is -2.17. The quantitative estimate of drug-likeness (QED) is 0.651. The van der Waals surface area contributed by atoms with Crippen LogP contribution in [0.3, 0.4) is 0 Å².